The van der Waals surface area contributed by atoms with Crippen LogP contribution in [-0.4, -0.2) is 42.6 Å². The summed E-state index contributed by atoms with van der Waals surface area (Å²) in [6, 6.07) is 0. The highest BCUT2D eigenvalue weighted by Crippen LogP contribution is 2.18. The zero-order chi connectivity index (χ0) is 9.14. The fourth-order valence-electron chi connectivity index (χ4n) is 1.41. The van der Waals surface area contributed by atoms with Gasteiger partial charge in [-0.1, -0.05) is 0 Å². The molecule has 3 nitrogen and oxygen atoms in total. The normalized spacial score (nSPS) is 29.4. The molecule has 1 heterocycles. The van der Waals surface area contributed by atoms with Gasteiger partial charge in [-0.05, 0) is 7.05 Å². The monoisotopic (exact) mass is 194 g/mol. The molecule has 1 fully saturated rings. The van der Waals surface area contributed by atoms with Gasteiger partial charge in [-0.3, -0.25) is 4.79 Å². The molecule has 1 rings (SSSR count). The molecule has 0 aliphatic carbocycles. The Hall–Kier alpha value is -0.350. The van der Waals surface area contributed by atoms with Crippen molar-refractivity contribution >= 4 is 17.5 Å². The Balaban J connectivity index is 2.57. The molecule has 0 saturated carbocycles. The van der Waals surface area contributed by atoms with E-state index in [9.17, 15) is 9.18 Å². The maximum absolute atomic E-state index is 12.8. The molecule has 2 atom stereocenters. The molecule has 5 heteroatoms. The van der Waals surface area contributed by atoms with Gasteiger partial charge in [-0.15, -0.1) is 11.6 Å². The molecule has 70 valence electrons. The van der Waals surface area contributed by atoms with E-state index in [1.807, 2.05) is 0 Å². The minimum Gasteiger partial charge on any atom is -0.323 e. The van der Waals surface area contributed by atoms with Gasteiger partial charge >= 0.3 is 0 Å². The highest BCUT2D eigenvalue weighted by Gasteiger charge is 2.33. The lowest BCUT2D eigenvalue weighted by Crippen LogP contribution is -2.43. The fourth-order valence-corrected chi connectivity index (χ4v) is 1.56. The highest BCUT2D eigenvalue weighted by molar-refractivity contribution is 6.27. The molecule has 0 bridgehead atoms. The summed E-state index contributed by atoms with van der Waals surface area (Å²) >= 11 is 5.36. The van der Waals surface area contributed by atoms with Crippen LogP contribution in [0, 0.1) is 0 Å². The maximum Gasteiger partial charge on any atom is 0.238 e. The van der Waals surface area contributed by atoms with E-state index in [0.717, 1.165) is 0 Å². The number of hydrogen-bond donors (Lipinski definition) is 1. The van der Waals surface area contributed by atoms with Crippen molar-refractivity contribution in [2.75, 3.05) is 19.5 Å². The van der Waals surface area contributed by atoms with Crippen LogP contribution in [0.25, 0.3) is 0 Å². The Bertz CT molecular complexity index is 179. The van der Waals surface area contributed by atoms with Crippen LogP contribution in [0.3, 0.4) is 0 Å². The fraction of sp³-hybridized carbons (Fsp3) is 0.857. The second-order valence-electron chi connectivity index (χ2n) is 2.82. The molecule has 0 aromatic rings. The zero-order valence-corrected chi connectivity index (χ0v) is 7.64. The first-order valence-electron chi connectivity index (χ1n) is 3.85. The van der Waals surface area contributed by atoms with E-state index in [4.69, 9.17) is 11.6 Å². The average molecular weight is 195 g/mol. The van der Waals surface area contributed by atoms with Crippen LogP contribution in [0.5, 0.6) is 0 Å². The summed E-state index contributed by atoms with van der Waals surface area (Å²) in [7, 11) is 1.71. The summed E-state index contributed by atoms with van der Waals surface area (Å²) in [4.78, 5) is 12.6. The van der Waals surface area contributed by atoms with Gasteiger partial charge in [0.05, 0.1) is 12.7 Å². The molecule has 0 aromatic carbocycles. The number of hydrogen-bond acceptors (Lipinski definition) is 2. The van der Waals surface area contributed by atoms with Crippen LogP contribution in [0.15, 0.2) is 0 Å². The zero-order valence-electron chi connectivity index (χ0n) is 6.89. The SMILES string of the molecule is CNC1CC(F)CN1C(=O)CCl. The summed E-state index contributed by atoms with van der Waals surface area (Å²) < 4.78 is 12.8. The van der Waals surface area contributed by atoms with Crippen LogP contribution in [0.2, 0.25) is 0 Å². The second-order valence-corrected chi connectivity index (χ2v) is 3.08. The number of rotatable bonds is 2. The molecule has 0 aromatic heterocycles. The van der Waals surface area contributed by atoms with Crippen molar-refractivity contribution in [3.8, 4) is 0 Å². The Morgan fingerprint density at radius 2 is 2.50 bits per heavy atom. The number of nitrogens with zero attached hydrogens (tertiary/aromatic N) is 1. The first-order chi connectivity index (χ1) is 5.69. The topological polar surface area (TPSA) is 32.3 Å². The van der Waals surface area contributed by atoms with Crippen molar-refractivity contribution in [1.29, 1.82) is 0 Å². The Morgan fingerprint density at radius 1 is 1.83 bits per heavy atom. The number of amides is 1. The third-order valence-corrected chi connectivity index (χ3v) is 2.25. The third kappa shape index (κ3) is 1.87. The first kappa shape index (κ1) is 9.74. The molecule has 1 aliphatic heterocycles. The smallest absolute Gasteiger partial charge is 0.238 e. The summed E-state index contributed by atoms with van der Waals surface area (Å²) in [6.45, 7) is 0.164. The van der Waals surface area contributed by atoms with Gasteiger partial charge in [0.2, 0.25) is 5.91 Å². The van der Waals surface area contributed by atoms with Crippen molar-refractivity contribution in [2.24, 2.45) is 0 Å². The predicted molar refractivity (Wildman–Crippen MR) is 44.8 cm³/mol. The standard InChI is InChI=1S/C7H12ClFN2O/c1-10-6-2-5(9)4-11(6)7(12)3-8/h5-6,10H,2-4H2,1H3. The second kappa shape index (κ2) is 4.05. The van der Waals surface area contributed by atoms with Gasteiger partial charge in [-0.25, -0.2) is 4.39 Å². The third-order valence-electron chi connectivity index (χ3n) is 2.02. The maximum atomic E-state index is 12.8. The molecule has 1 amide bonds. The van der Waals surface area contributed by atoms with E-state index in [-0.39, 0.29) is 24.5 Å². The minimum absolute atomic E-state index is 0.0785. The van der Waals surface area contributed by atoms with Crippen LogP contribution < -0.4 is 5.32 Å². The van der Waals surface area contributed by atoms with Crippen molar-refractivity contribution in [3.05, 3.63) is 0 Å². The molecule has 0 spiro atoms. The number of carbonyl (C=O) groups excluding carboxylic acids is 1. The average Bonchev–Trinajstić information content (AvgIpc) is 2.45. The largest absolute Gasteiger partial charge is 0.323 e. The van der Waals surface area contributed by atoms with Crippen LogP contribution in [0.4, 0.5) is 4.39 Å². The van der Waals surface area contributed by atoms with Crippen molar-refractivity contribution < 1.29 is 9.18 Å². The van der Waals surface area contributed by atoms with Gasteiger partial charge in [-0.2, -0.15) is 0 Å². The quantitative estimate of drug-likeness (QED) is 0.643. The van der Waals surface area contributed by atoms with E-state index in [1.165, 1.54) is 4.90 Å². The molecule has 2 unspecified atom stereocenters. The van der Waals surface area contributed by atoms with Crippen molar-refractivity contribution in [3.63, 3.8) is 0 Å². The van der Waals surface area contributed by atoms with E-state index in [1.54, 1.807) is 7.05 Å². The summed E-state index contributed by atoms with van der Waals surface area (Å²) in [5.41, 5.74) is 0. The lowest BCUT2D eigenvalue weighted by atomic mass is 10.3. The molecule has 1 aliphatic rings. The lowest BCUT2D eigenvalue weighted by Gasteiger charge is -2.22. The summed E-state index contributed by atoms with van der Waals surface area (Å²) in [5, 5.41) is 2.87. The molecule has 1 N–H and O–H groups in total. The van der Waals surface area contributed by atoms with E-state index < -0.39 is 6.17 Å². The van der Waals surface area contributed by atoms with Gasteiger partial charge in [0.15, 0.2) is 0 Å². The minimum atomic E-state index is -0.922. The van der Waals surface area contributed by atoms with Gasteiger partial charge in [0, 0.05) is 6.42 Å². The van der Waals surface area contributed by atoms with Gasteiger partial charge in [0.25, 0.3) is 0 Å². The number of alkyl halides is 2. The molecule has 12 heavy (non-hydrogen) atoms. The van der Waals surface area contributed by atoms with E-state index in [2.05, 4.69) is 5.32 Å². The van der Waals surface area contributed by atoms with E-state index in [0.29, 0.717) is 6.42 Å². The number of carbonyl (C=O) groups is 1. The highest BCUT2D eigenvalue weighted by atomic mass is 35.5. The van der Waals surface area contributed by atoms with Gasteiger partial charge < -0.3 is 10.2 Å². The number of nitrogens with one attached hydrogen (secondary N) is 1. The summed E-state index contributed by atoms with van der Waals surface area (Å²) in [6.07, 6.45) is -0.750. The first-order valence-corrected chi connectivity index (χ1v) is 4.39. The van der Waals surface area contributed by atoms with Crippen LogP contribution in [0.1, 0.15) is 6.42 Å². The molecule has 0 radical (unpaired) electrons. The van der Waals surface area contributed by atoms with Crippen LogP contribution >= 0.6 is 11.6 Å². The Morgan fingerprint density at radius 3 is 3.00 bits per heavy atom. The van der Waals surface area contributed by atoms with E-state index >= 15 is 0 Å². The number of likely N-dealkylation sites (tertiary alicyclic amines) is 1. The summed E-state index contributed by atoms with van der Waals surface area (Å²) in [5.74, 6) is -0.290. The molecular formula is C7H12ClFN2O. The lowest BCUT2D eigenvalue weighted by molar-refractivity contribution is -0.129. The van der Waals surface area contributed by atoms with Crippen molar-refractivity contribution in [1.82, 2.24) is 10.2 Å². The molecular weight excluding hydrogens is 183 g/mol. The van der Waals surface area contributed by atoms with Crippen molar-refractivity contribution in [2.45, 2.75) is 18.8 Å². The van der Waals surface area contributed by atoms with Gasteiger partial charge in [0.1, 0.15) is 12.1 Å². The van der Waals surface area contributed by atoms with Crippen LogP contribution in [-0.2, 0) is 4.79 Å². The molecule has 1 saturated heterocycles. The number of halogens is 2. The Kier molecular flexibility index (Phi) is 3.29. The Labute approximate surface area is 75.9 Å². The predicted octanol–water partition coefficient (Wildman–Crippen LogP) is 0.341.